The van der Waals surface area contributed by atoms with E-state index in [0.29, 0.717) is 24.8 Å². The van der Waals surface area contributed by atoms with Gasteiger partial charge in [0.05, 0.1) is 53.1 Å². The molecule has 2 aromatic heterocycles. The van der Waals surface area contributed by atoms with Crippen LogP contribution in [-0.2, 0) is 11.3 Å². The van der Waals surface area contributed by atoms with E-state index in [1.807, 2.05) is 43.7 Å². The molecule has 0 amide bonds. The van der Waals surface area contributed by atoms with Gasteiger partial charge in [0, 0.05) is 19.2 Å². The van der Waals surface area contributed by atoms with Crippen molar-refractivity contribution in [1.82, 2.24) is 14.5 Å². The minimum atomic E-state index is -0.147. The topological polar surface area (TPSA) is 76.2 Å². The fraction of sp³-hybridized carbons (Fsp3) is 0.500. The lowest BCUT2D eigenvalue weighted by atomic mass is 9.68. The van der Waals surface area contributed by atoms with Crippen molar-refractivity contribution >= 4 is 16.7 Å². The molecule has 3 aromatic rings. The second-order valence-electron chi connectivity index (χ2n) is 9.93. The summed E-state index contributed by atoms with van der Waals surface area (Å²) in [5, 5.41) is 9.30. The van der Waals surface area contributed by atoms with Crippen molar-refractivity contribution in [2.24, 2.45) is 5.41 Å². The number of nitrogens with zero attached hydrogens (tertiary/aromatic N) is 5. The summed E-state index contributed by atoms with van der Waals surface area (Å²) in [6.07, 6.45) is 8.19. The molecule has 33 heavy (non-hydrogen) atoms. The second-order valence-corrected chi connectivity index (χ2v) is 9.93. The van der Waals surface area contributed by atoms with Gasteiger partial charge >= 0.3 is 0 Å². The molecule has 7 nitrogen and oxygen atoms in total. The van der Waals surface area contributed by atoms with Crippen LogP contribution in [0.5, 0.6) is 5.88 Å². The number of nitriles is 1. The summed E-state index contributed by atoms with van der Waals surface area (Å²) in [6, 6.07) is 9.96. The van der Waals surface area contributed by atoms with Crippen LogP contribution in [0.4, 0.5) is 5.69 Å². The fourth-order valence-electron chi connectivity index (χ4n) is 5.74. The van der Waals surface area contributed by atoms with E-state index in [9.17, 15) is 5.26 Å². The summed E-state index contributed by atoms with van der Waals surface area (Å²) >= 11 is 0. The van der Waals surface area contributed by atoms with Crippen molar-refractivity contribution in [3.63, 3.8) is 0 Å². The van der Waals surface area contributed by atoms with E-state index >= 15 is 0 Å². The molecule has 1 saturated heterocycles. The maximum Gasteiger partial charge on any atom is 0.213 e. The quantitative estimate of drug-likeness (QED) is 0.560. The average molecular weight is 446 g/mol. The van der Waals surface area contributed by atoms with Crippen LogP contribution in [0.2, 0.25) is 0 Å². The van der Waals surface area contributed by atoms with E-state index in [2.05, 4.69) is 39.4 Å². The summed E-state index contributed by atoms with van der Waals surface area (Å²) in [5.74, 6) is 0.672. The molecule has 1 aliphatic heterocycles. The first-order valence-electron chi connectivity index (χ1n) is 11.8. The van der Waals surface area contributed by atoms with E-state index in [-0.39, 0.29) is 11.0 Å². The van der Waals surface area contributed by atoms with Crippen LogP contribution in [0.15, 0.2) is 36.8 Å². The molecule has 2 atom stereocenters. The predicted molar refractivity (Wildman–Crippen MR) is 127 cm³/mol. The number of benzene rings is 1. The van der Waals surface area contributed by atoms with Gasteiger partial charge in [0.2, 0.25) is 5.88 Å². The first-order chi connectivity index (χ1) is 15.9. The molecule has 1 saturated carbocycles. The minimum Gasteiger partial charge on any atom is -0.478 e. The molecular formula is C26H31N5O2. The molecule has 172 valence electrons. The van der Waals surface area contributed by atoms with Crippen molar-refractivity contribution in [2.45, 2.75) is 58.6 Å². The van der Waals surface area contributed by atoms with Crippen molar-refractivity contribution in [1.29, 1.82) is 5.26 Å². The average Bonchev–Trinajstić information content (AvgIpc) is 3.37. The zero-order chi connectivity index (χ0) is 23.1. The lowest BCUT2D eigenvalue weighted by Gasteiger charge is -2.43. The molecule has 0 N–H and O–H groups in total. The molecule has 2 fully saturated rings. The van der Waals surface area contributed by atoms with Crippen molar-refractivity contribution in [3.05, 3.63) is 47.9 Å². The van der Waals surface area contributed by atoms with Gasteiger partial charge in [-0.05, 0) is 68.7 Å². The minimum absolute atomic E-state index is 0.0939. The molecule has 1 aromatic carbocycles. The Labute approximate surface area is 195 Å². The van der Waals surface area contributed by atoms with E-state index in [1.54, 1.807) is 0 Å². The predicted octanol–water partition coefficient (Wildman–Crippen LogP) is 4.82. The van der Waals surface area contributed by atoms with Gasteiger partial charge in [0.1, 0.15) is 6.73 Å². The number of pyridine rings is 1. The lowest BCUT2D eigenvalue weighted by molar-refractivity contribution is -0.0601. The maximum absolute atomic E-state index is 9.30. The van der Waals surface area contributed by atoms with E-state index in [4.69, 9.17) is 9.47 Å². The molecule has 3 heterocycles. The number of fused-ring (bicyclic) bond motifs is 1. The highest BCUT2D eigenvalue weighted by Crippen LogP contribution is 2.47. The Morgan fingerprint density at radius 3 is 2.91 bits per heavy atom. The van der Waals surface area contributed by atoms with Gasteiger partial charge in [-0.15, -0.1) is 0 Å². The second kappa shape index (κ2) is 8.35. The largest absolute Gasteiger partial charge is 0.478 e. The highest BCUT2D eigenvalue weighted by Gasteiger charge is 2.47. The summed E-state index contributed by atoms with van der Waals surface area (Å²) in [4.78, 5) is 11.3. The number of hydrogen-bond acceptors (Lipinski definition) is 6. The van der Waals surface area contributed by atoms with Crippen LogP contribution in [-0.4, -0.2) is 40.0 Å². The van der Waals surface area contributed by atoms with Gasteiger partial charge in [-0.1, -0.05) is 6.92 Å². The van der Waals surface area contributed by atoms with Gasteiger partial charge in [0.15, 0.2) is 0 Å². The SMILES string of the molecule is CCOc1cc(C)c(N2CO[C@]3(CCC[C@](C)(Cn4cnc5ccc(C#N)cc54)C3)C2)cn1. The third-order valence-electron chi connectivity index (χ3n) is 7.16. The van der Waals surface area contributed by atoms with Crippen molar-refractivity contribution in [3.8, 4) is 11.9 Å². The maximum atomic E-state index is 9.30. The standard InChI is InChI=1S/C26H31N5O2/c1-4-32-24-10-19(2)23(13-28-24)31-16-26(33-18-31)9-5-8-25(3,14-26)15-30-17-29-21-7-6-20(12-27)11-22(21)30/h6-7,10-11,13,17H,4-5,8-9,14-16,18H2,1-3H3/t25-,26-/m0/s1. The van der Waals surface area contributed by atoms with E-state index in [0.717, 1.165) is 61.1 Å². The van der Waals surface area contributed by atoms with Gasteiger partial charge in [-0.25, -0.2) is 9.97 Å². The molecule has 5 rings (SSSR count). The van der Waals surface area contributed by atoms with E-state index in [1.165, 1.54) is 0 Å². The summed E-state index contributed by atoms with van der Waals surface area (Å²) in [5.41, 5.74) is 4.86. The zero-order valence-electron chi connectivity index (χ0n) is 19.7. The normalized spacial score (nSPS) is 25.0. The van der Waals surface area contributed by atoms with Gasteiger partial charge in [0.25, 0.3) is 0 Å². The molecule has 1 aliphatic carbocycles. The van der Waals surface area contributed by atoms with Crippen molar-refractivity contribution < 1.29 is 9.47 Å². The van der Waals surface area contributed by atoms with Crippen LogP contribution in [0, 0.1) is 23.7 Å². The van der Waals surface area contributed by atoms with Gasteiger partial charge in [-0.2, -0.15) is 5.26 Å². The van der Waals surface area contributed by atoms with Crippen LogP contribution >= 0.6 is 0 Å². The Kier molecular flexibility index (Phi) is 5.49. The van der Waals surface area contributed by atoms with Crippen LogP contribution in [0.25, 0.3) is 11.0 Å². The fourth-order valence-corrected chi connectivity index (χ4v) is 5.74. The molecule has 2 aliphatic rings. The highest BCUT2D eigenvalue weighted by molar-refractivity contribution is 5.77. The molecule has 0 bridgehead atoms. The van der Waals surface area contributed by atoms with Gasteiger partial charge in [-0.3, -0.25) is 0 Å². The van der Waals surface area contributed by atoms with Crippen LogP contribution < -0.4 is 9.64 Å². The van der Waals surface area contributed by atoms with Crippen molar-refractivity contribution in [2.75, 3.05) is 24.8 Å². The first kappa shape index (κ1) is 21.7. The number of aryl methyl sites for hydroxylation is 1. The molecule has 7 heteroatoms. The Hall–Kier alpha value is -3.11. The molecule has 0 radical (unpaired) electrons. The van der Waals surface area contributed by atoms with Gasteiger partial charge < -0.3 is 18.9 Å². The van der Waals surface area contributed by atoms with Crippen LogP contribution in [0.3, 0.4) is 0 Å². The molecular weight excluding hydrogens is 414 g/mol. The first-order valence-corrected chi connectivity index (χ1v) is 11.8. The van der Waals surface area contributed by atoms with Crippen LogP contribution in [0.1, 0.15) is 50.7 Å². The Bertz CT molecular complexity index is 1220. The molecule has 0 unspecified atom stereocenters. The third kappa shape index (κ3) is 4.16. The summed E-state index contributed by atoms with van der Waals surface area (Å²) < 4.78 is 14.3. The number of hydrogen-bond donors (Lipinski definition) is 0. The smallest absolute Gasteiger partial charge is 0.213 e. The Morgan fingerprint density at radius 2 is 2.12 bits per heavy atom. The highest BCUT2D eigenvalue weighted by atomic mass is 16.5. The Balaban J connectivity index is 1.34. The zero-order valence-corrected chi connectivity index (χ0v) is 19.7. The Morgan fingerprint density at radius 1 is 1.24 bits per heavy atom. The number of anilines is 1. The number of aromatic nitrogens is 3. The molecule has 1 spiro atoms. The monoisotopic (exact) mass is 445 g/mol. The third-order valence-corrected chi connectivity index (χ3v) is 7.16. The summed E-state index contributed by atoms with van der Waals surface area (Å²) in [7, 11) is 0. The summed E-state index contributed by atoms with van der Waals surface area (Å²) in [6.45, 7) is 9.39. The number of imidazole rings is 1. The van der Waals surface area contributed by atoms with E-state index < -0.39 is 0 Å². The lowest BCUT2D eigenvalue weighted by Crippen LogP contribution is -2.45. The number of rotatable bonds is 5. The number of ether oxygens (including phenoxy) is 2.